The number of carbonyl (C=O) groups is 1. The topological polar surface area (TPSA) is 72.7 Å². The van der Waals surface area contributed by atoms with Crippen LogP contribution in [0.1, 0.15) is 31.4 Å². The highest BCUT2D eigenvalue weighted by atomic mass is 32.2. The molecule has 4 rings (SSSR count). The van der Waals surface area contributed by atoms with Crippen molar-refractivity contribution >= 4 is 17.7 Å². The molecule has 0 spiro atoms. The maximum atomic E-state index is 13.0. The number of benzene rings is 1. The van der Waals surface area contributed by atoms with Crippen LogP contribution < -0.4 is 5.32 Å². The van der Waals surface area contributed by atoms with Gasteiger partial charge in [-0.05, 0) is 56.0 Å². The summed E-state index contributed by atoms with van der Waals surface area (Å²) in [5, 5.41) is 12.1. The maximum Gasteiger partial charge on any atom is 0.233 e. The Kier molecular flexibility index (Phi) is 5.89. The molecule has 0 unspecified atom stereocenters. The van der Waals surface area contributed by atoms with Crippen molar-refractivity contribution in [1.82, 2.24) is 25.1 Å². The van der Waals surface area contributed by atoms with Crippen LogP contribution in [-0.2, 0) is 11.2 Å². The lowest BCUT2D eigenvalue weighted by atomic mass is 10.1. The summed E-state index contributed by atoms with van der Waals surface area (Å²) in [7, 11) is 0. The second-order valence-electron chi connectivity index (χ2n) is 7.08. The van der Waals surface area contributed by atoms with Crippen molar-refractivity contribution in [1.29, 1.82) is 0 Å². The van der Waals surface area contributed by atoms with Crippen LogP contribution in [0.2, 0.25) is 0 Å². The number of amides is 1. The second kappa shape index (κ2) is 8.73. The Morgan fingerprint density at radius 3 is 2.76 bits per heavy atom. The normalized spacial score (nSPS) is 14.6. The van der Waals surface area contributed by atoms with Crippen molar-refractivity contribution in [3.63, 3.8) is 0 Å². The van der Waals surface area contributed by atoms with E-state index in [2.05, 4.69) is 25.1 Å². The van der Waals surface area contributed by atoms with E-state index in [0.29, 0.717) is 19.0 Å². The average Bonchev–Trinajstić information content (AvgIpc) is 3.50. The summed E-state index contributed by atoms with van der Waals surface area (Å²) in [6.45, 7) is 2.37. The fourth-order valence-electron chi connectivity index (χ4n) is 3.05. The Hall–Kier alpha value is -2.74. The Balaban J connectivity index is 1.38. The summed E-state index contributed by atoms with van der Waals surface area (Å²) < 4.78 is 15.1. The number of hydrogen-bond donors (Lipinski definition) is 1. The highest BCUT2D eigenvalue weighted by molar-refractivity contribution is 8.00. The molecular weight excluding hydrogens is 389 g/mol. The van der Waals surface area contributed by atoms with Crippen LogP contribution in [0.15, 0.2) is 53.9 Å². The number of rotatable bonds is 8. The highest BCUT2D eigenvalue weighted by Gasteiger charge is 2.31. The number of halogens is 1. The quantitative estimate of drug-likeness (QED) is 0.573. The predicted molar refractivity (Wildman–Crippen MR) is 110 cm³/mol. The van der Waals surface area contributed by atoms with E-state index in [1.165, 1.54) is 23.9 Å². The molecule has 0 bridgehead atoms. The fourth-order valence-corrected chi connectivity index (χ4v) is 3.99. The SMILES string of the molecule is C[C@H](Sc1nnc(-c2cccnc2)n1C1CC1)C(=O)NCCc1ccc(F)cc1. The number of carbonyl (C=O) groups excluding carboxylic acids is 1. The first-order chi connectivity index (χ1) is 14.1. The lowest BCUT2D eigenvalue weighted by Crippen LogP contribution is -2.32. The van der Waals surface area contributed by atoms with Gasteiger partial charge in [0, 0.05) is 30.5 Å². The molecule has 1 fully saturated rings. The molecule has 1 aromatic carbocycles. The summed E-state index contributed by atoms with van der Waals surface area (Å²) >= 11 is 1.42. The third kappa shape index (κ3) is 4.82. The van der Waals surface area contributed by atoms with Gasteiger partial charge in [-0.25, -0.2) is 4.39 Å². The van der Waals surface area contributed by atoms with Gasteiger partial charge < -0.3 is 5.32 Å². The van der Waals surface area contributed by atoms with Gasteiger partial charge in [-0.2, -0.15) is 0 Å². The van der Waals surface area contributed by atoms with Gasteiger partial charge in [-0.15, -0.1) is 10.2 Å². The van der Waals surface area contributed by atoms with Gasteiger partial charge in [0.25, 0.3) is 0 Å². The van der Waals surface area contributed by atoms with Crippen molar-refractivity contribution in [2.75, 3.05) is 6.54 Å². The molecule has 1 N–H and O–H groups in total. The lowest BCUT2D eigenvalue weighted by molar-refractivity contribution is -0.120. The Morgan fingerprint density at radius 2 is 2.07 bits per heavy atom. The fraction of sp³-hybridized carbons (Fsp3) is 0.333. The number of nitrogens with one attached hydrogen (secondary N) is 1. The molecular formula is C21H22FN5OS. The minimum Gasteiger partial charge on any atom is -0.355 e. The van der Waals surface area contributed by atoms with E-state index in [0.717, 1.165) is 34.9 Å². The molecule has 8 heteroatoms. The molecule has 29 heavy (non-hydrogen) atoms. The first-order valence-electron chi connectivity index (χ1n) is 9.66. The summed E-state index contributed by atoms with van der Waals surface area (Å²) in [6, 6.07) is 10.6. The number of thioether (sulfide) groups is 1. The molecule has 0 aliphatic heterocycles. The molecule has 2 aromatic heterocycles. The van der Waals surface area contributed by atoms with Crippen LogP contribution in [0.5, 0.6) is 0 Å². The lowest BCUT2D eigenvalue weighted by Gasteiger charge is -2.13. The molecule has 0 radical (unpaired) electrons. The average molecular weight is 412 g/mol. The number of hydrogen-bond acceptors (Lipinski definition) is 5. The maximum absolute atomic E-state index is 13.0. The molecule has 6 nitrogen and oxygen atoms in total. The molecule has 1 saturated carbocycles. The molecule has 1 atom stereocenters. The summed E-state index contributed by atoms with van der Waals surface area (Å²) in [5.41, 5.74) is 1.91. The van der Waals surface area contributed by atoms with Crippen LogP contribution in [-0.4, -0.2) is 37.5 Å². The third-order valence-corrected chi connectivity index (χ3v) is 5.83. The van der Waals surface area contributed by atoms with E-state index in [1.807, 2.05) is 19.1 Å². The minimum absolute atomic E-state index is 0.0506. The predicted octanol–water partition coefficient (Wildman–Crippen LogP) is 3.65. The largest absolute Gasteiger partial charge is 0.355 e. The highest BCUT2D eigenvalue weighted by Crippen LogP contribution is 2.41. The Morgan fingerprint density at radius 1 is 1.28 bits per heavy atom. The Bertz CT molecular complexity index is 972. The van der Waals surface area contributed by atoms with E-state index >= 15 is 0 Å². The summed E-state index contributed by atoms with van der Waals surface area (Å²) in [5.74, 6) is 0.491. The molecule has 1 aliphatic rings. The third-order valence-electron chi connectivity index (χ3n) is 4.77. The number of pyridine rings is 1. The first-order valence-corrected chi connectivity index (χ1v) is 10.5. The van der Waals surface area contributed by atoms with E-state index in [4.69, 9.17) is 0 Å². The molecule has 3 aromatic rings. The van der Waals surface area contributed by atoms with Crippen LogP contribution in [0.3, 0.4) is 0 Å². The zero-order valence-electron chi connectivity index (χ0n) is 16.1. The molecule has 1 aliphatic carbocycles. The van der Waals surface area contributed by atoms with Crippen LogP contribution in [0.25, 0.3) is 11.4 Å². The van der Waals surface area contributed by atoms with E-state index in [1.54, 1.807) is 24.5 Å². The van der Waals surface area contributed by atoms with E-state index in [9.17, 15) is 9.18 Å². The van der Waals surface area contributed by atoms with Crippen molar-refractivity contribution in [2.45, 2.75) is 42.6 Å². The van der Waals surface area contributed by atoms with Gasteiger partial charge in [-0.3, -0.25) is 14.3 Å². The first kappa shape index (κ1) is 19.6. The van der Waals surface area contributed by atoms with Crippen molar-refractivity contribution in [3.8, 4) is 11.4 Å². The van der Waals surface area contributed by atoms with Gasteiger partial charge >= 0.3 is 0 Å². The zero-order chi connectivity index (χ0) is 20.2. The Labute approximate surface area is 173 Å². The van der Waals surface area contributed by atoms with Gasteiger partial charge in [0.2, 0.25) is 5.91 Å². The van der Waals surface area contributed by atoms with E-state index < -0.39 is 0 Å². The second-order valence-corrected chi connectivity index (χ2v) is 8.38. The van der Waals surface area contributed by atoms with Crippen molar-refractivity contribution in [2.24, 2.45) is 0 Å². The summed E-state index contributed by atoms with van der Waals surface area (Å²) in [6.07, 6.45) is 6.36. The molecule has 150 valence electrons. The summed E-state index contributed by atoms with van der Waals surface area (Å²) in [4.78, 5) is 16.7. The molecule has 2 heterocycles. The van der Waals surface area contributed by atoms with Gasteiger partial charge in [0.05, 0.1) is 5.25 Å². The van der Waals surface area contributed by atoms with Crippen LogP contribution >= 0.6 is 11.8 Å². The van der Waals surface area contributed by atoms with Crippen LogP contribution in [0.4, 0.5) is 4.39 Å². The number of nitrogens with zero attached hydrogens (tertiary/aromatic N) is 4. The molecule has 0 saturated heterocycles. The van der Waals surface area contributed by atoms with Gasteiger partial charge in [-0.1, -0.05) is 23.9 Å². The van der Waals surface area contributed by atoms with Crippen LogP contribution in [0, 0.1) is 5.82 Å². The zero-order valence-corrected chi connectivity index (χ0v) is 16.9. The van der Waals surface area contributed by atoms with Gasteiger partial charge in [0.15, 0.2) is 11.0 Å². The monoisotopic (exact) mass is 411 g/mol. The van der Waals surface area contributed by atoms with Crippen molar-refractivity contribution in [3.05, 3.63) is 60.2 Å². The van der Waals surface area contributed by atoms with Crippen molar-refractivity contribution < 1.29 is 9.18 Å². The standard InChI is InChI=1S/C21H22FN5OS/c1-14(20(28)24-12-10-15-4-6-17(22)7-5-15)29-21-26-25-19(27(21)18-8-9-18)16-3-2-11-23-13-16/h2-7,11,13-14,18H,8-10,12H2,1H3,(H,24,28)/t14-/m0/s1. The van der Waals surface area contributed by atoms with Gasteiger partial charge in [0.1, 0.15) is 5.82 Å². The minimum atomic E-state index is -0.299. The van der Waals surface area contributed by atoms with E-state index in [-0.39, 0.29) is 17.0 Å². The smallest absolute Gasteiger partial charge is 0.233 e. The molecule has 1 amide bonds. The number of aromatic nitrogens is 4.